The standard InChI is InChI=1S/2C8H17NO2.C2H6/c1-10-5-7-3-4-8(9-7)6-11-2;1-10-6-8(7-11-2)4-3-5-9-8;1-2/h7-9H,3-6H2,1-2H3;9H,3-7H2,1-2H3;1-2H3. The molecule has 2 aliphatic rings. The van der Waals surface area contributed by atoms with Gasteiger partial charge in [0, 0.05) is 40.5 Å². The fourth-order valence-corrected chi connectivity index (χ4v) is 3.28. The number of methoxy groups -OCH3 is 4. The van der Waals surface area contributed by atoms with Crippen molar-refractivity contribution in [2.45, 2.75) is 57.2 Å². The van der Waals surface area contributed by atoms with E-state index >= 15 is 0 Å². The zero-order valence-electron chi connectivity index (χ0n) is 16.7. The highest BCUT2D eigenvalue weighted by Crippen LogP contribution is 2.19. The van der Waals surface area contributed by atoms with Crippen molar-refractivity contribution >= 4 is 0 Å². The Morgan fingerprint density at radius 1 is 0.833 bits per heavy atom. The first-order valence-electron chi connectivity index (χ1n) is 9.16. The third-order valence-corrected chi connectivity index (χ3v) is 4.24. The topological polar surface area (TPSA) is 61.0 Å². The lowest BCUT2D eigenvalue weighted by atomic mass is 10.0. The Balaban J connectivity index is 0.000000400. The van der Waals surface area contributed by atoms with Crippen molar-refractivity contribution in [2.24, 2.45) is 0 Å². The molecule has 2 atom stereocenters. The molecule has 0 saturated carbocycles. The minimum Gasteiger partial charge on any atom is -0.383 e. The van der Waals surface area contributed by atoms with Gasteiger partial charge in [-0.2, -0.15) is 0 Å². The number of hydrogen-bond donors (Lipinski definition) is 2. The summed E-state index contributed by atoms with van der Waals surface area (Å²) in [5.74, 6) is 0. The highest BCUT2D eigenvalue weighted by Gasteiger charge is 2.33. The second kappa shape index (κ2) is 15.0. The molecule has 0 aliphatic carbocycles. The summed E-state index contributed by atoms with van der Waals surface area (Å²) in [4.78, 5) is 0. The minimum absolute atomic E-state index is 0.101. The van der Waals surface area contributed by atoms with Gasteiger partial charge in [0.1, 0.15) is 0 Å². The van der Waals surface area contributed by atoms with E-state index in [1.54, 1.807) is 28.4 Å². The summed E-state index contributed by atoms with van der Waals surface area (Å²) in [5, 5.41) is 6.86. The maximum absolute atomic E-state index is 5.14. The Kier molecular flexibility index (Phi) is 14.9. The molecule has 2 heterocycles. The largest absolute Gasteiger partial charge is 0.383 e. The van der Waals surface area contributed by atoms with Crippen molar-refractivity contribution in [3.8, 4) is 0 Å². The van der Waals surface area contributed by atoms with Gasteiger partial charge >= 0.3 is 0 Å². The molecule has 0 radical (unpaired) electrons. The molecule has 2 aliphatic heterocycles. The van der Waals surface area contributed by atoms with Crippen molar-refractivity contribution < 1.29 is 18.9 Å². The average Bonchev–Trinajstić information content (AvgIpc) is 3.22. The fraction of sp³-hybridized carbons (Fsp3) is 1.00. The van der Waals surface area contributed by atoms with Crippen molar-refractivity contribution in [1.29, 1.82) is 0 Å². The van der Waals surface area contributed by atoms with Crippen LogP contribution in [-0.4, -0.2) is 79.0 Å². The molecule has 0 aromatic carbocycles. The SMILES string of the molecule is CC.COCC1(COC)CCCN1.COCC1CCC(COC)N1. The highest BCUT2D eigenvalue weighted by atomic mass is 16.5. The average molecular weight is 349 g/mol. The number of nitrogens with one attached hydrogen (secondary N) is 2. The second-order valence-corrected chi connectivity index (χ2v) is 6.23. The third kappa shape index (κ3) is 9.30. The van der Waals surface area contributed by atoms with Crippen LogP contribution in [0.25, 0.3) is 0 Å². The molecule has 2 saturated heterocycles. The van der Waals surface area contributed by atoms with E-state index in [0.29, 0.717) is 12.1 Å². The Labute approximate surface area is 148 Å². The van der Waals surface area contributed by atoms with E-state index in [9.17, 15) is 0 Å². The van der Waals surface area contributed by atoms with Gasteiger partial charge in [-0.1, -0.05) is 13.8 Å². The van der Waals surface area contributed by atoms with E-state index in [-0.39, 0.29) is 5.54 Å². The first-order chi connectivity index (χ1) is 11.7. The van der Waals surface area contributed by atoms with Crippen LogP contribution in [0.5, 0.6) is 0 Å². The highest BCUT2D eigenvalue weighted by molar-refractivity contribution is 4.92. The van der Waals surface area contributed by atoms with E-state index in [1.807, 2.05) is 13.8 Å². The zero-order valence-corrected chi connectivity index (χ0v) is 16.7. The van der Waals surface area contributed by atoms with Crippen LogP contribution in [0.3, 0.4) is 0 Å². The van der Waals surface area contributed by atoms with E-state index in [1.165, 1.54) is 19.3 Å². The Morgan fingerprint density at radius 3 is 1.67 bits per heavy atom. The van der Waals surface area contributed by atoms with Crippen molar-refractivity contribution in [2.75, 3.05) is 61.4 Å². The van der Waals surface area contributed by atoms with Crippen LogP contribution in [-0.2, 0) is 18.9 Å². The van der Waals surface area contributed by atoms with Crippen molar-refractivity contribution in [3.63, 3.8) is 0 Å². The first-order valence-corrected chi connectivity index (χ1v) is 9.16. The van der Waals surface area contributed by atoms with Gasteiger partial charge in [0.05, 0.1) is 32.0 Å². The lowest BCUT2D eigenvalue weighted by Gasteiger charge is -2.27. The summed E-state index contributed by atoms with van der Waals surface area (Å²) in [6.45, 7) is 8.23. The van der Waals surface area contributed by atoms with Gasteiger partial charge in [-0.3, -0.25) is 0 Å². The number of rotatable bonds is 8. The molecule has 2 rings (SSSR count). The predicted octanol–water partition coefficient (Wildman–Crippen LogP) is 1.83. The number of hydrogen-bond acceptors (Lipinski definition) is 6. The summed E-state index contributed by atoms with van der Waals surface area (Å²) < 4.78 is 20.4. The fourth-order valence-electron chi connectivity index (χ4n) is 3.28. The molecule has 6 heteroatoms. The quantitative estimate of drug-likeness (QED) is 0.698. The summed E-state index contributed by atoms with van der Waals surface area (Å²) >= 11 is 0. The lowest BCUT2D eigenvalue weighted by Crippen LogP contribution is -2.47. The van der Waals surface area contributed by atoms with Crippen molar-refractivity contribution in [3.05, 3.63) is 0 Å². The van der Waals surface area contributed by atoms with Crippen LogP contribution >= 0.6 is 0 Å². The summed E-state index contributed by atoms with van der Waals surface area (Å²) in [6.07, 6.45) is 4.81. The smallest absolute Gasteiger partial charge is 0.0667 e. The molecule has 0 aromatic heterocycles. The Bertz CT molecular complexity index is 254. The monoisotopic (exact) mass is 348 g/mol. The van der Waals surface area contributed by atoms with Gasteiger partial charge in [-0.05, 0) is 32.2 Å². The molecule has 2 fully saturated rings. The molecule has 2 unspecified atom stereocenters. The molecule has 0 amide bonds. The van der Waals surface area contributed by atoms with Crippen LogP contribution in [0.4, 0.5) is 0 Å². The van der Waals surface area contributed by atoms with Gasteiger partial charge in [0.25, 0.3) is 0 Å². The molecule has 146 valence electrons. The molecular formula is C18H40N2O4. The lowest BCUT2D eigenvalue weighted by molar-refractivity contribution is 0.0526. The summed E-state index contributed by atoms with van der Waals surface area (Å²) in [7, 11) is 6.95. The third-order valence-electron chi connectivity index (χ3n) is 4.24. The van der Waals surface area contributed by atoms with E-state index in [0.717, 1.165) is 39.4 Å². The molecular weight excluding hydrogens is 308 g/mol. The van der Waals surface area contributed by atoms with Gasteiger partial charge in [-0.25, -0.2) is 0 Å². The normalized spacial score (nSPS) is 24.8. The van der Waals surface area contributed by atoms with Gasteiger partial charge in [-0.15, -0.1) is 0 Å². The van der Waals surface area contributed by atoms with Crippen LogP contribution in [0.15, 0.2) is 0 Å². The second-order valence-electron chi connectivity index (χ2n) is 6.23. The van der Waals surface area contributed by atoms with Gasteiger partial charge < -0.3 is 29.6 Å². The first kappa shape index (κ1) is 23.8. The Morgan fingerprint density at radius 2 is 1.33 bits per heavy atom. The van der Waals surface area contributed by atoms with Crippen LogP contribution in [0, 0.1) is 0 Å². The molecule has 2 N–H and O–H groups in total. The molecule has 0 aromatic rings. The molecule has 0 spiro atoms. The summed E-state index contributed by atoms with van der Waals surface area (Å²) in [5.41, 5.74) is 0.101. The summed E-state index contributed by atoms with van der Waals surface area (Å²) in [6, 6.07) is 1.08. The zero-order chi connectivity index (χ0) is 18.3. The molecule has 24 heavy (non-hydrogen) atoms. The van der Waals surface area contributed by atoms with Crippen LogP contribution in [0.1, 0.15) is 39.5 Å². The predicted molar refractivity (Wildman–Crippen MR) is 98.8 cm³/mol. The maximum Gasteiger partial charge on any atom is 0.0667 e. The molecule has 6 nitrogen and oxygen atoms in total. The number of ether oxygens (including phenoxy) is 4. The van der Waals surface area contributed by atoms with Gasteiger partial charge in [0.2, 0.25) is 0 Å². The van der Waals surface area contributed by atoms with E-state index in [4.69, 9.17) is 18.9 Å². The van der Waals surface area contributed by atoms with E-state index < -0.39 is 0 Å². The Hall–Kier alpha value is -0.240. The van der Waals surface area contributed by atoms with E-state index in [2.05, 4.69) is 10.6 Å². The van der Waals surface area contributed by atoms with Gasteiger partial charge in [0.15, 0.2) is 0 Å². The molecule has 0 bridgehead atoms. The van der Waals surface area contributed by atoms with Crippen LogP contribution in [0.2, 0.25) is 0 Å². The van der Waals surface area contributed by atoms with Crippen LogP contribution < -0.4 is 10.6 Å². The van der Waals surface area contributed by atoms with Crippen molar-refractivity contribution in [1.82, 2.24) is 10.6 Å². The minimum atomic E-state index is 0.101. The maximum atomic E-state index is 5.14.